The minimum Gasteiger partial charge on any atom is -0.393 e. The highest BCUT2D eigenvalue weighted by atomic mass is 28.4. The second-order valence-corrected chi connectivity index (χ2v) is 20.5. The van der Waals surface area contributed by atoms with Gasteiger partial charge in [-0.05, 0) is 123 Å². The Morgan fingerprint density at radius 1 is 0.950 bits per heavy atom. The molecule has 5 rings (SSSR count). The Morgan fingerprint density at radius 3 is 2.42 bits per heavy atom. The van der Waals surface area contributed by atoms with Gasteiger partial charge >= 0.3 is 0 Å². The lowest BCUT2D eigenvalue weighted by atomic mass is 9.43. The van der Waals surface area contributed by atoms with Crippen LogP contribution in [0.25, 0.3) is 0 Å². The lowest BCUT2D eigenvalue weighted by Gasteiger charge is -2.64. The maximum Gasteiger partial charge on any atom is 0.190 e. The fraction of sp³-hybridized carbons (Fsp3) is 1.00. The van der Waals surface area contributed by atoms with Gasteiger partial charge in [-0.2, -0.15) is 0 Å². The molecular weight excluding hydrogens is 512 g/mol. The lowest BCUT2D eigenvalue weighted by Crippen LogP contribution is -2.62. The summed E-state index contributed by atoms with van der Waals surface area (Å²) in [6.07, 6.45) is 17.5. The zero-order valence-electron chi connectivity index (χ0n) is 27.3. The Kier molecular flexibility index (Phi) is 9.61. The first kappa shape index (κ1) is 31.5. The van der Waals surface area contributed by atoms with Crippen molar-refractivity contribution in [3.05, 3.63) is 0 Å². The van der Waals surface area contributed by atoms with Gasteiger partial charge in [-0.25, -0.2) is 0 Å². The van der Waals surface area contributed by atoms with Crippen molar-refractivity contribution in [3.63, 3.8) is 0 Å². The van der Waals surface area contributed by atoms with Gasteiger partial charge in [0, 0.05) is 19.4 Å². The lowest BCUT2D eigenvalue weighted by molar-refractivity contribution is -0.321. The van der Waals surface area contributed by atoms with Crippen LogP contribution in [0, 0.1) is 46.3 Å². The number of hydrogen-bond donors (Lipinski definition) is 1. The van der Waals surface area contributed by atoms with E-state index in [0.717, 1.165) is 57.0 Å². The summed E-state index contributed by atoms with van der Waals surface area (Å²) in [6.45, 7) is 18.0. The smallest absolute Gasteiger partial charge is 0.190 e. The molecule has 4 nitrogen and oxygen atoms in total. The monoisotopic (exact) mass is 576 g/mol. The summed E-state index contributed by atoms with van der Waals surface area (Å²) in [5.74, 6) is 3.37. The van der Waals surface area contributed by atoms with Crippen LogP contribution in [0.15, 0.2) is 0 Å². The van der Waals surface area contributed by atoms with E-state index in [0.29, 0.717) is 29.1 Å². The molecule has 0 aromatic carbocycles. The molecule has 4 aliphatic carbocycles. The van der Waals surface area contributed by atoms with Gasteiger partial charge in [0.2, 0.25) is 0 Å². The fourth-order valence-corrected chi connectivity index (χ4v) is 13.8. The number of fused-ring (bicyclic) bond motifs is 5. The molecule has 0 aromatic rings. The molecule has 5 heteroatoms. The van der Waals surface area contributed by atoms with E-state index in [-0.39, 0.29) is 17.8 Å². The molecule has 1 unspecified atom stereocenters. The number of aliphatic hydroxyl groups is 1. The highest BCUT2D eigenvalue weighted by Gasteiger charge is 2.64. The maximum atomic E-state index is 12.0. The standard InChI is InChI=1S/C35H64O4Si/c1-8-10-22-40(6,7)39-35(38-31-14-11-12-21-37-31)20-19-33(4)26(24-35)23-30(36)32-28-16-15-27(25(3)13-9-2)34(28,5)18-17-29(32)33/h25-32,36H,8-24H2,1-7H3/t25-,26+,27-,28+,29+,30+,31?,32+,33+,34-,35-/m1/s1. The summed E-state index contributed by atoms with van der Waals surface area (Å²) in [5.41, 5.74) is 0.689. The average molecular weight is 577 g/mol. The summed E-state index contributed by atoms with van der Waals surface area (Å²) < 4.78 is 20.3. The average Bonchev–Trinajstić information content (AvgIpc) is 3.26. The topological polar surface area (TPSA) is 47.9 Å². The molecule has 232 valence electrons. The summed E-state index contributed by atoms with van der Waals surface area (Å²) in [5, 5.41) is 12.0. The quantitative estimate of drug-likeness (QED) is 0.160. The Labute approximate surface area is 248 Å². The first-order chi connectivity index (χ1) is 19.0. The van der Waals surface area contributed by atoms with E-state index < -0.39 is 14.1 Å². The number of rotatable bonds is 10. The molecule has 40 heavy (non-hydrogen) atoms. The predicted molar refractivity (Wildman–Crippen MR) is 166 cm³/mol. The van der Waals surface area contributed by atoms with E-state index in [1.54, 1.807) is 0 Å². The fourth-order valence-electron chi connectivity index (χ4n) is 11.2. The third-order valence-corrected chi connectivity index (χ3v) is 15.8. The van der Waals surface area contributed by atoms with Crippen molar-refractivity contribution in [3.8, 4) is 0 Å². The van der Waals surface area contributed by atoms with Gasteiger partial charge in [0.15, 0.2) is 20.4 Å². The number of unbranched alkanes of at least 4 members (excludes halogenated alkanes) is 1. The zero-order valence-corrected chi connectivity index (χ0v) is 28.3. The summed E-state index contributed by atoms with van der Waals surface area (Å²) in [4.78, 5) is 0. The van der Waals surface area contributed by atoms with Crippen LogP contribution in [-0.2, 0) is 13.9 Å². The second kappa shape index (κ2) is 12.2. The van der Waals surface area contributed by atoms with Gasteiger partial charge in [-0.15, -0.1) is 0 Å². The minimum absolute atomic E-state index is 0.133. The highest BCUT2D eigenvalue weighted by Crippen LogP contribution is 2.69. The predicted octanol–water partition coefficient (Wildman–Crippen LogP) is 9.31. The van der Waals surface area contributed by atoms with Crippen LogP contribution in [0.3, 0.4) is 0 Å². The molecule has 1 N–H and O–H groups in total. The normalized spacial score (nSPS) is 46.4. The molecule has 0 amide bonds. The molecule has 4 saturated carbocycles. The Balaban J connectivity index is 1.37. The third-order valence-electron chi connectivity index (χ3n) is 13.3. The van der Waals surface area contributed by atoms with Gasteiger partial charge in [0.05, 0.1) is 6.10 Å². The van der Waals surface area contributed by atoms with E-state index in [1.807, 2.05) is 0 Å². The molecule has 11 atom stereocenters. The Hall–Kier alpha value is 0.0569. The third kappa shape index (κ3) is 5.91. The van der Waals surface area contributed by atoms with Gasteiger partial charge in [-0.1, -0.05) is 60.3 Å². The number of aliphatic hydroxyl groups excluding tert-OH is 1. The van der Waals surface area contributed by atoms with Crippen LogP contribution in [0.2, 0.25) is 19.1 Å². The Morgan fingerprint density at radius 2 is 1.73 bits per heavy atom. The van der Waals surface area contributed by atoms with Gasteiger partial charge in [0.1, 0.15) is 0 Å². The molecule has 0 bridgehead atoms. The van der Waals surface area contributed by atoms with Gasteiger partial charge in [-0.3, -0.25) is 0 Å². The highest BCUT2D eigenvalue weighted by molar-refractivity contribution is 6.71. The van der Waals surface area contributed by atoms with Crippen molar-refractivity contribution in [2.75, 3.05) is 6.61 Å². The molecular formula is C35H64O4Si. The molecule has 1 aliphatic heterocycles. The molecule has 0 radical (unpaired) electrons. The molecule has 0 spiro atoms. The van der Waals surface area contributed by atoms with Crippen LogP contribution >= 0.6 is 0 Å². The van der Waals surface area contributed by atoms with E-state index in [2.05, 4.69) is 47.7 Å². The van der Waals surface area contributed by atoms with Crippen molar-refractivity contribution >= 4 is 8.32 Å². The van der Waals surface area contributed by atoms with E-state index in [9.17, 15) is 5.11 Å². The number of hydrogen-bond acceptors (Lipinski definition) is 4. The van der Waals surface area contributed by atoms with Crippen molar-refractivity contribution in [1.29, 1.82) is 0 Å². The van der Waals surface area contributed by atoms with Crippen molar-refractivity contribution in [2.24, 2.45) is 46.3 Å². The van der Waals surface area contributed by atoms with E-state index >= 15 is 0 Å². The summed E-state index contributed by atoms with van der Waals surface area (Å²) >= 11 is 0. The summed E-state index contributed by atoms with van der Waals surface area (Å²) in [6, 6.07) is 1.19. The van der Waals surface area contributed by atoms with Crippen molar-refractivity contribution in [2.45, 2.75) is 168 Å². The molecule has 1 saturated heterocycles. The second-order valence-electron chi connectivity index (χ2n) is 16.3. The SMILES string of the molecule is CCCC[Si](C)(C)O[C@]1(OC2CCCCO2)CC[C@@]2(C)[C@@H](C[C@H](O)[C@@H]3[C@@H]2CC[C@]2(C)[C@@H]([C@H](C)CCC)CC[C@@H]32)C1. The van der Waals surface area contributed by atoms with Gasteiger partial charge < -0.3 is 19.0 Å². The van der Waals surface area contributed by atoms with Crippen LogP contribution in [0.5, 0.6) is 0 Å². The van der Waals surface area contributed by atoms with E-state index in [1.165, 1.54) is 63.8 Å². The van der Waals surface area contributed by atoms with Crippen molar-refractivity contribution < 1.29 is 19.0 Å². The first-order valence-electron chi connectivity index (χ1n) is 17.6. The van der Waals surface area contributed by atoms with Crippen LogP contribution in [-0.4, -0.2) is 38.2 Å². The molecule has 1 heterocycles. The van der Waals surface area contributed by atoms with Crippen molar-refractivity contribution in [1.82, 2.24) is 0 Å². The van der Waals surface area contributed by atoms with Crippen LogP contribution < -0.4 is 0 Å². The molecule has 0 aromatic heterocycles. The molecule has 5 fully saturated rings. The zero-order chi connectivity index (χ0) is 28.8. The minimum atomic E-state index is -1.90. The van der Waals surface area contributed by atoms with Crippen LogP contribution in [0.4, 0.5) is 0 Å². The van der Waals surface area contributed by atoms with E-state index in [4.69, 9.17) is 13.9 Å². The maximum absolute atomic E-state index is 12.0. The molecule has 5 aliphatic rings. The van der Waals surface area contributed by atoms with Gasteiger partial charge in [0.25, 0.3) is 0 Å². The first-order valence-corrected chi connectivity index (χ1v) is 20.8. The Bertz CT molecular complexity index is 843. The van der Waals surface area contributed by atoms with Crippen LogP contribution in [0.1, 0.15) is 131 Å². The number of ether oxygens (including phenoxy) is 2. The largest absolute Gasteiger partial charge is 0.393 e. The summed E-state index contributed by atoms with van der Waals surface area (Å²) in [7, 11) is -1.90.